The molecule has 0 saturated heterocycles. The summed E-state index contributed by atoms with van der Waals surface area (Å²) in [6.07, 6.45) is 5.95. The Morgan fingerprint density at radius 1 is 1.16 bits per heavy atom. The van der Waals surface area contributed by atoms with Gasteiger partial charge in [-0.05, 0) is 43.2 Å². The average molecular weight is 347 g/mol. The molecule has 5 heteroatoms. The molecule has 1 amide bonds. The summed E-state index contributed by atoms with van der Waals surface area (Å²) in [5.74, 6) is 0.283. The standard InChI is InChI=1S/C20H29NO4/c1-3-4-6-11-17-15(14-19(22)24-2)12-13-18(17)25-20(23)21-16-9-7-5-8-10-16/h5,7-10,15,17-18H,3-4,6,11-14H2,1-2H3,(H,21,23)/t15-,17-,18+/m1/s1. The summed E-state index contributed by atoms with van der Waals surface area (Å²) in [6, 6.07) is 9.29. The van der Waals surface area contributed by atoms with Crippen molar-refractivity contribution in [2.45, 2.75) is 58.0 Å². The van der Waals surface area contributed by atoms with Gasteiger partial charge in [-0.15, -0.1) is 0 Å². The lowest BCUT2D eigenvalue weighted by molar-refractivity contribution is -0.142. The van der Waals surface area contributed by atoms with Gasteiger partial charge in [0.1, 0.15) is 6.10 Å². The number of carbonyl (C=O) groups excluding carboxylic acids is 2. The number of hydrogen-bond acceptors (Lipinski definition) is 4. The van der Waals surface area contributed by atoms with Crippen molar-refractivity contribution in [3.63, 3.8) is 0 Å². The molecule has 1 N–H and O–H groups in total. The second-order valence-electron chi connectivity index (χ2n) is 6.71. The Hall–Kier alpha value is -2.04. The van der Waals surface area contributed by atoms with Crippen molar-refractivity contribution in [2.24, 2.45) is 11.8 Å². The van der Waals surface area contributed by atoms with Crippen LogP contribution in [0.4, 0.5) is 10.5 Å². The summed E-state index contributed by atoms with van der Waals surface area (Å²) in [5.41, 5.74) is 0.721. The number of carbonyl (C=O) groups is 2. The number of rotatable bonds is 8. The maximum Gasteiger partial charge on any atom is 0.411 e. The van der Waals surface area contributed by atoms with Crippen LogP contribution in [0, 0.1) is 11.8 Å². The predicted molar refractivity (Wildman–Crippen MR) is 97.3 cm³/mol. The van der Waals surface area contributed by atoms with E-state index in [1.807, 2.05) is 30.3 Å². The second kappa shape index (κ2) is 10.1. The molecule has 1 aliphatic carbocycles. The van der Waals surface area contributed by atoms with Crippen molar-refractivity contribution in [1.29, 1.82) is 0 Å². The molecule has 0 bridgehead atoms. The predicted octanol–water partition coefficient (Wildman–Crippen LogP) is 4.77. The normalized spacial score (nSPS) is 22.4. The van der Waals surface area contributed by atoms with Crippen LogP contribution in [0.25, 0.3) is 0 Å². The monoisotopic (exact) mass is 347 g/mol. The van der Waals surface area contributed by atoms with Crippen LogP contribution in [0.5, 0.6) is 0 Å². The van der Waals surface area contributed by atoms with Crippen LogP contribution in [0.3, 0.4) is 0 Å². The van der Waals surface area contributed by atoms with E-state index in [-0.39, 0.29) is 23.9 Å². The van der Waals surface area contributed by atoms with Crippen molar-refractivity contribution in [3.05, 3.63) is 30.3 Å². The number of hydrogen-bond donors (Lipinski definition) is 1. The van der Waals surface area contributed by atoms with Crippen molar-refractivity contribution in [2.75, 3.05) is 12.4 Å². The number of para-hydroxylation sites is 1. The summed E-state index contributed by atoms with van der Waals surface area (Å²) in [7, 11) is 1.42. The fraction of sp³-hybridized carbons (Fsp3) is 0.600. The molecule has 1 saturated carbocycles. The summed E-state index contributed by atoms with van der Waals surface area (Å²) in [4.78, 5) is 23.9. The first-order valence-corrected chi connectivity index (χ1v) is 9.23. The van der Waals surface area contributed by atoms with Gasteiger partial charge in [-0.25, -0.2) is 4.79 Å². The molecular formula is C20H29NO4. The zero-order valence-corrected chi connectivity index (χ0v) is 15.2. The van der Waals surface area contributed by atoms with Crippen molar-refractivity contribution >= 4 is 17.7 Å². The molecule has 0 radical (unpaired) electrons. The summed E-state index contributed by atoms with van der Waals surface area (Å²) in [6.45, 7) is 2.17. The maximum atomic E-state index is 12.2. The van der Waals surface area contributed by atoms with Crippen LogP contribution < -0.4 is 5.32 Å². The van der Waals surface area contributed by atoms with Gasteiger partial charge in [0.15, 0.2) is 0 Å². The van der Waals surface area contributed by atoms with Gasteiger partial charge in [0.25, 0.3) is 0 Å². The first kappa shape index (κ1) is 19.3. The Balaban J connectivity index is 1.93. The van der Waals surface area contributed by atoms with Crippen molar-refractivity contribution < 1.29 is 19.1 Å². The lowest BCUT2D eigenvalue weighted by Crippen LogP contribution is -2.28. The molecule has 1 aliphatic rings. The Kier molecular flexibility index (Phi) is 7.76. The fourth-order valence-corrected chi connectivity index (χ4v) is 3.67. The number of amides is 1. The van der Waals surface area contributed by atoms with Crippen LogP contribution in [0.1, 0.15) is 51.9 Å². The molecular weight excluding hydrogens is 318 g/mol. The van der Waals surface area contributed by atoms with Crippen LogP contribution in [0.15, 0.2) is 30.3 Å². The van der Waals surface area contributed by atoms with Gasteiger partial charge in [-0.3, -0.25) is 10.1 Å². The highest BCUT2D eigenvalue weighted by atomic mass is 16.6. The third kappa shape index (κ3) is 6.07. The number of methoxy groups -OCH3 is 1. The fourth-order valence-electron chi connectivity index (χ4n) is 3.67. The maximum absolute atomic E-state index is 12.2. The Bertz CT molecular complexity index is 546. The second-order valence-corrected chi connectivity index (χ2v) is 6.71. The molecule has 25 heavy (non-hydrogen) atoms. The van der Waals surface area contributed by atoms with E-state index >= 15 is 0 Å². The van der Waals surface area contributed by atoms with E-state index < -0.39 is 6.09 Å². The van der Waals surface area contributed by atoms with Crippen molar-refractivity contribution in [1.82, 2.24) is 0 Å². The number of anilines is 1. The molecule has 1 aromatic rings. The van der Waals surface area contributed by atoms with Crippen LogP contribution in [0.2, 0.25) is 0 Å². The van der Waals surface area contributed by atoms with E-state index in [1.54, 1.807) is 0 Å². The smallest absolute Gasteiger partial charge is 0.411 e. The minimum Gasteiger partial charge on any atom is -0.469 e. The first-order chi connectivity index (χ1) is 12.1. The van der Waals surface area contributed by atoms with Gasteiger partial charge in [0.05, 0.1) is 7.11 Å². The molecule has 0 spiro atoms. The number of unbranched alkanes of at least 4 members (excludes halogenated alkanes) is 2. The largest absolute Gasteiger partial charge is 0.469 e. The lowest BCUT2D eigenvalue weighted by Gasteiger charge is -2.24. The van der Waals surface area contributed by atoms with E-state index in [0.29, 0.717) is 6.42 Å². The average Bonchev–Trinajstić information content (AvgIpc) is 2.97. The number of nitrogens with one attached hydrogen (secondary N) is 1. The Morgan fingerprint density at radius 2 is 1.92 bits per heavy atom. The van der Waals surface area contributed by atoms with Gasteiger partial charge in [-0.2, -0.15) is 0 Å². The highest BCUT2D eigenvalue weighted by molar-refractivity contribution is 5.84. The third-order valence-corrected chi connectivity index (χ3v) is 4.98. The minimum absolute atomic E-state index is 0.129. The molecule has 0 heterocycles. The lowest BCUT2D eigenvalue weighted by atomic mass is 9.87. The zero-order valence-electron chi connectivity index (χ0n) is 15.2. The third-order valence-electron chi connectivity index (χ3n) is 4.98. The first-order valence-electron chi connectivity index (χ1n) is 9.23. The highest BCUT2D eigenvalue weighted by Gasteiger charge is 2.39. The van der Waals surface area contributed by atoms with Gasteiger partial charge in [0, 0.05) is 12.1 Å². The van der Waals surface area contributed by atoms with E-state index in [4.69, 9.17) is 9.47 Å². The molecule has 0 unspecified atom stereocenters. The van der Waals surface area contributed by atoms with Gasteiger partial charge >= 0.3 is 12.1 Å². The van der Waals surface area contributed by atoms with Gasteiger partial charge < -0.3 is 9.47 Å². The van der Waals surface area contributed by atoms with Crippen LogP contribution in [-0.2, 0) is 14.3 Å². The molecule has 1 aromatic carbocycles. The number of benzene rings is 1. The topological polar surface area (TPSA) is 64.6 Å². The van der Waals surface area contributed by atoms with Crippen molar-refractivity contribution in [3.8, 4) is 0 Å². The summed E-state index contributed by atoms with van der Waals surface area (Å²) in [5, 5.41) is 2.77. The molecule has 138 valence electrons. The van der Waals surface area contributed by atoms with E-state index in [9.17, 15) is 9.59 Å². The Labute approximate surface area is 150 Å². The molecule has 5 nitrogen and oxygen atoms in total. The summed E-state index contributed by atoms with van der Waals surface area (Å²) >= 11 is 0. The van der Waals surface area contributed by atoms with E-state index in [1.165, 1.54) is 7.11 Å². The molecule has 0 aromatic heterocycles. The van der Waals surface area contributed by atoms with Gasteiger partial charge in [-0.1, -0.05) is 44.4 Å². The summed E-state index contributed by atoms with van der Waals surface area (Å²) < 4.78 is 10.5. The molecule has 0 aliphatic heterocycles. The zero-order chi connectivity index (χ0) is 18.1. The molecule has 3 atom stereocenters. The number of ether oxygens (including phenoxy) is 2. The van der Waals surface area contributed by atoms with E-state index in [2.05, 4.69) is 12.2 Å². The van der Waals surface area contributed by atoms with Gasteiger partial charge in [0.2, 0.25) is 0 Å². The highest BCUT2D eigenvalue weighted by Crippen LogP contribution is 2.40. The quantitative estimate of drug-likeness (QED) is 0.543. The van der Waals surface area contributed by atoms with Crippen LogP contribution in [-0.4, -0.2) is 25.3 Å². The Morgan fingerprint density at radius 3 is 2.60 bits per heavy atom. The molecule has 2 rings (SSSR count). The molecule has 1 fully saturated rings. The number of esters is 1. The van der Waals surface area contributed by atoms with E-state index in [0.717, 1.165) is 44.2 Å². The SMILES string of the molecule is CCCCC[C@@H]1[C@@H](CC(=O)OC)CC[C@@H]1OC(=O)Nc1ccccc1. The minimum atomic E-state index is -0.421. The van der Waals surface area contributed by atoms with Crippen LogP contribution >= 0.6 is 0 Å².